The van der Waals surface area contributed by atoms with Crippen molar-refractivity contribution in [1.29, 1.82) is 0 Å². The molecule has 0 unspecified atom stereocenters. The summed E-state index contributed by atoms with van der Waals surface area (Å²) in [6, 6.07) is 11.2. The number of para-hydroxylation sites is 1. The molecular formula is C22H23ClN4O3. The molecule has 4 rings (SSSR count). The first kappa shape index (κ1) is 20.2. The summed E-state index contributed by atoms with van der Waals surface area (Å²) in [5.41, 5.74) is 2.19. The second kappa shape index (κ2) is 8.75. The van der Waals surface area contributed by atoms with Gasteiger partial charge in [-0.2, -0.15) is 0 Å². The van der Waals surface area contributed by atoms with Crippen molar-refractivity contribution in [3.63, 3.8) is 0 Å². The Morgan fingerprint density at radius 1 is 1.10 bits per heavy atom. The van der Waals surface area contributed by atoms with Gasteiger partial charge in [0.15, 0.2) is 5.69 Å². The zero-order valence-corrected chi connectivity index (χ0v) is 17.5. The fourth-order valence-corrected chi connectivity index (χ4v) is 3.85. The van der Waals surface area contributed by atoms with Crippen molar-refractivity contribution in [1.82, 2.24) is 19.8 Å². The van der Waals surface area contributed by atoms with Crippen LogP contribution in [0.2, 0.25) is 5.02 Å². The van der Waals surface area contributed by atoms with Gasteiger partial charge in [0, 0.05) is 49.3 Å². The molecule has 3 aromatic rings. The average molecular weight is 427 g/mol. The largest absolute Gasteiger partial charge is 0.478 e. The first-order valence-electron chi connectivity index (χ1n) is 9.98. The molecule has 2 amide bonds. The van der Waals surface area contributed by atoms with Crippen LogP contribution in [-0.4, -0.2) is 64.4 Å². The van der Waals surface area contributed by atoms with Gasteiger partial charge in [-0.3, -0.25) is 9.59 Å². The number of pyridine rings is 1. The fraction of sp³-hybridized carbons (Fsp3) is 0.318. The van der Waals surface area contributed by atoms with Gasteiger partial charge in [0.1, 0.15) is 0 Å². The van der Waals surface area contributed by atoms with Crippen molar-refractivity contribution >= 4 is 34.3 Å². The SMILES string of the molecule is CCOc1ccc(Cl)c(C(=O)N2CCN(C(=O)Cc3c[nH]c4ccccc34)CC2)n1. The van der Waals surface area contributed by atoms with Crippen LogP contribution in [0.5, 0.6) is 5.88 Å². The fourth-order valence-electron chi connectivity index (χ4n) is 3.66. The second-order valence-corrected chi connectivity index (χ2v) is 7.53. The van der Waals surface area contributed by atoms with Crippen molar-refractivity contribution in [2.75, 3.05) is 32.8 Å². The third kappa shape index (κ3) is 4.11. The van der Waals surface area contributed by atoms with E-state index < -0.39 is 0 Å². The topological polar surface area (TPSA) is 78.5 Å². The maximum Gasteiger partial charge on any atom is 0.274 e. The monoisotopic (exact) mass is 426 g/mol. The lowest BCUT2D eigenvalue weighted by Gasteiger charge is -2.34. The van der Waals surface area contributed by atoms with E-state index in [1.165, 1.54) is 0 Å². The van der Waals surface area contributed by atoms with E-state index in [0.29, 0.717) is 50.1 Å². The third-order valence-corrected chi connectivity index (χ3v) is 5.56. The molecule has 3 heterocycles. The lowest BCUT2D eigenvalue weighted by atomic mass is 10.1. The zero-order valence-electron chi connectivity index (χ0n) is 16.7. The van der Waals surface area contributed by atoms with Gasteiger partial charge in [-0.15, -0.1) is 0 Å². The molecule has 8 heteroatoms. The minimum atomic E-state index is -0.245. The van der Waals surface area contributed by atoms with E-state index in [2.05, 4.69) is 9.97 Å². The molecule has 1 aliphatic rings. The smallest absolute Gasteiger partial charge is 0.274 e. The van der Waals surface area contributed by atoms with E-state index in [4.69, 9.17) is 16.3 Å². The van der Waals surface area contributed by atoms with E-state index >= 15 is 0 Å². The number of nitrogens with zero attached hydrogens (tertiary/aromatic N) is 3. The Morgan fingerprint density at radius 2 is 1.83 bits per heavy atom. The first-order chi connectivity index (χ1) is 14.6. The van der Waals surface area contributed by atoms with Gasteiger partial charge in [-0.1, -0.05) is 29.8 Å². The summed E-state index contributed by atoms with van der Waals surface area (Å²) < 4.78 is 5.37. The second-order valence-electron chi connectivity index (χ2n) is 7.12. The normalized spacial score (nSPS) is 14.2. The molecule has 7 nitrogen and oxygen atoms in total. The maximum atomic E-state index is 12.9. The van der Waals surface area contributed by atoms with E-state index in [1.54, 1.807) is 21.9 Å². The number of hydrogen-bond donors (Lipinski definition) is 1. The minimum Gasteiger partial charge on any atom is -0.478 e. The minimum absolute atomic E-state index is 0.0568. The number of halogens is 1. The summed E-state index contributed by atoms with van der Waals surface area (Å²) in [6.45, 7) is 4.15. The van der Waals surface area contributed by atoms with E-state index in [1.807, 2.05) is 37.4 Å². The number of aromatic amines is 1. The number of fused-ring (bicyclic) bond motifs is 1. The van der Waals surface area contributed by atoms with Crippen molar-refractivity contribution in [3.05, 3.63) is 58.9 Å². The van der Waals surface area contributed by atoms with Crippen LogP contribution in [-0.2, 0) is 11.2 Å². The quantitative estimate of drug-likeness (QED) is 0.679. The van der Waals surface area contributed by atoms with Gasteiger partial charge in [-0.25, -0.2) is 4.98 Å². The predicted molar refractivity (Wildman–Crippen MR) is 115 cm³/mol. The molecule has 0 radical (unpaired) electrons. The molecule has 0 aliphatic carbocycles. The number of hydrogen-bond acceptors (Lipinski definition) is 4. The summed E-state index contributed by atoms with van der Waals surface area (Å²) in [5, 5.41) is 1.36. The van der Waals surface area contributed by atoms with Crippen LogP contribution in [0, 0.1) is 0 Å². The number of H-pyrrole nitrogens is 1. The summed E-state index contributed by atoms with van der Waals surface area (Å²) in [5.74, 6) is 0.185. The molecule has 1 aromatic carbocycles. The molecule has 1 saturated heterocycles. The standard InChI is InChI=1S/C22H23ClN4O3/c1-2-30-19-8-7-17(23)21(25-19)22(29)27-11-9-26(10-12-27)20(28)13-15-14-24-18-6-4-3-5-16(15)18/h3-8,14,24H,2,9-13H2,1H3. The third-order valence-electron chi connectivity index (χ3n) is 5.25. The van der Waals surface area contributed by atoms with E-state index in [0.717, 1.165) is 16.5 Å². The van der Waals surface area contributed by atoms with Crippen LogP contribution in [0.15, 0.2) is 42.6 Å². The zero-order chi connectivity index (χ0) is 21.1. The molecule has 1 fully saturated rings. The molecule has 1 N–H and O–H groups in total. The Labute approximate surface area is 179 Å². The number of ether oxygens (including phenoxy) is 1. The lowest BCUT2D eigenvalue weighted by Crippen LogP contribution is -2.51. The van der Waals surface area contributed by atoms with Crippen LogP contribution < -0.4 is 4.74 Å². The number of carbonyl (C=O) groups is 2. The highest BCUT2D eigenvalue weighted by Gasteiger charge is 2.27. The van der Waals surface area contributed by atoms with Gasteiger partial charge < -0.3 is 19.5 Å². The van der Waals surface area contributed by atoms with E-state index in [9.17, 15) is 9.59 Å². The Morgan fingerprint density at radius 3 is 2.60 bits per heavy atom. The van der Waals surface area contributed by atoms with Crippen LogP contribution >= 0.6 is 11.6 Å². The summed E-state index contributed by atoms with van der Waals surface area (Å²) >= 11 is 6.18. The van der Waals surface area contributed by atoms with Crippen molar-refractivity contribution < 1.29 is 14.3 Å². The Bertz CT molecular complexity index is 1070. The highest BCUT2D eigenvalue weighted by Crippen LogP contribution is 2.22. The molecule has 0 saturated carbocycles. The molecular weight excluding hydrogens is 404 g/mol. The van der Waals surface area contributed by atoms with Crippen molar-refractivity contribution in [3.8, 4) is 5.88 Å². The van der Waals surface area contributed by atoms with Crippen LogP contribution in [0.4, 0.5) is 0 Å². The summed E-state index contributed by atoms with van der Waals surface area (Å²) in [4.78, 5) is 36.6. The number of aromatic nitrogens is 2. The predicted octanol–water partition coefficient (Wildman–Crippen LogP) is 3.14. The van der Waals surface area contributed by atoms with Crippen molar-refractivity contribution in [2.45, 2.75) is 13.3 Å². The van der Waals surface area contributed by atoms with E-state index in [-0.39, 0.29) is 17.5 Å². The van der Waals surface area contributed by atoms with Gasteiger partial charge in [0.05, 0.1) is 18.1 Å². The highest BCUT2D eigenvalue weighted by molar-refractivity contribution is 6.33. The van der Waals surface area contributed by atoms with Gasteiger partial charge in [0.2, 0.25) is 11.8 Å². The molecule has 0 atom stereocenters. The number of rotatable bonds is 5. The molecule has 156 valence electrons. The lowest BCUT2D eigenvalue weighted by molar-refractivity contribution is -0.131. The number of benzene rings is 1. The van der Waals surface area contributed by atoms with Crippen LogP contribution in [0.3, 0.4) is 0 Å². The summed E-state index contributed by atoms with van der Waals surface area (Å²) in [6.07, 6.45) is 2.23. The molecule has 0 spiro atoms. The summed E-state index contributed by atoms with van der Waals surface area (Å²) in [7, 11) is 0. The Balaban J connectivity index is 1.38. The average Bonchev–Trinajstić information content (AvgIpc) is 3.18. The molecule has 0 bridgehead atoms. The molecule has 1 aliphatic heterocycles. The Hall–Kier alpha value is -3.06. The number of carbonyl (C=O) groups excluding carboxylic acids is 2. The number of nitrogens with one attached hydrogen (secondary N) is 1. The van der Waals surface area contributed by atoms with Gasteiger partial charge in [-0.05, 0) is 24.6 Å². The van der Waals surface area contributed by atoms with Crippen LogP contribution in [0.25, 0.3) is 10.9 Å². The first-order valence-corrected chi connectivity index (χ1v) is 10.4. The number of amides is 2. The number of piperazine rings is 1. The van der Waals surface area contributed by atoms with Crippen molar-refractivity contribution in [2.24, 2.45) is 0 Å². The van der Waals surface area contributed by atoms with Crippen LogP contribution in [0.1, 0.15) is 23.0 Å². The maximum absolute atomic E-state index is 12.9. The highest BCUT2D eigenvalue weighted by atomic mass is 35.5. The molecule has 2 aromatic heterocycles. The Kier molecular flexibility index (Phi) is 5.90. The molecule has 30 heavy (non-hydrogen) atoms. The van der Waals surface area contributed by atoms with Gasteiger partial charge >= 0.3 is 0 Å². The van der Waals surface area contributed by atoms with Gasteiger partial charge in [0.25, 0.3) is 5.91 Å².